The molecule has 1 fully saturated rings. The number of rotatable bonds is 8. The molecular weight excluding hydrogens is 212 g/mol. The summed E-state index contributed by atoms with van der Waals surface area (Å²) < 4.78 is 5.86. The van der Waals surface area contributed by atoms with E-state index in [2.05, 4.69) is 30.6 Å². The van der Waals surface area contributed by atoms with Crippen molar-refractivity contribution in [1.82, 2.24) is 10.2 Å². The largest absolute Gasteiger partial charge is 0.377 e. The molecule has 1 rings (SSSR count). The molecular formula is C14H28N2O. The third kappa shape index (κ3) is 5.66. The van der Waals surface area contributed by atoms with Crippen molar-refractivity contribution < 1.29 is 4.74 Å². The monoisotopic (exact) mass is 240 g/mol. The molecule has 1 heterocycles. The number of ether oxygens (including phenoxy) is 1. The van der Waals surface area contributed by atoms with E-state index in [1.54, 1.807) is 0 Å². The molecule has 1 N–H and O–H groups in total. The molecule has 0 bridgehead atoms. The van der Waals surface area contributed by atoms with Crippen molar-refractivity contribution in [2.24, 2.45) is 0 Å². The lowest BCUT2D eigenvalue weighted by atomic mass is 10.1. The van der Waals surface area contributed by atoms with E-state index in [0.717, 1.165) is 32.7 Å². The fourth-order valence-corrected chi connectivity index (χ4v) is 2.31. The number of nitrogens with zero attached hydrogens (tertiary/aromatic N) is 1. The summed E-state index contributed by atoms with van der Waals surface area (Å²) in [6, 6.07) is 0.586. The van der Waals surface area contributed by atoms with Crippen LogP contribution in [-0.2, 0) is 4.74 Å². The zero-order valence-corrected chi connectivity index (χ0v) is 11.5. The SMILES string of the molecule is C=CCNCC(C)N1CCCC(OCCC)C1. The smallest absolute Gasteiger partial charge is 0.0702 e. The van der Waals surface area contributed by atoms with Crippen LogP contribution in [0.5, 0.6) is 0 Å². The van der Waals surface area contributed by atoms with E-state index in [0.29, 0.717) is 12.1 Å². The average Bonchev–Trinajstić information content (AvgIpc) is 2.37. The molecule has 0 amide bonds. The van der Waals surface area contributed by atoms with Crippen LogP contribution < -0.4 is 5.32 Å². The van der Waals surface area contributed by atoms with Crippen LogP contribution >= 0.6 is 0 Å². The Morgan fingerprint density at radius 2 is 2.41 bits per heavy atom. The summed E-state index contributed by atoms with van der Waals surface area (Å²) in [5.41, 5.74) is 0. The molecule has 2 atom stereocenters. The van der Waals surface area contributed by atoms with Crippen molar-refractivity contribution in [3.05, 3.63) is 12.7 Å². The predicted octanol–water partition coefficient (Wildman–Crippen LogP) is 2.04. The highest BCUT2D eigenvalue weighted by molar-refractivity contribution is 4.80. The maximum absolute atomic E-state index is 5.86. The van der Waals surface area contributed by atoms with Gasteiger partial charge in [-0.25, -0.2) is 0 Å². The minimum absolute atomic E-state index is 0.450. The lowest BCUT2D eigenvalue weighted by Crippen LogP contribution is -2.48. The van der Waals surface area contributed by atoms with Gasteiger partial charge < -0.3 is 10.1 Å². The molecule has 2 unspecified atom stereocenters. The van der Waals surface area contributed by atoms with Crippen LogP contribution in [0.3, 0.4) is 0 Å². The molecule has 3 nitrogen and oxygen atoms in total. The number of likely N-dealkylation sites (tertiary alicyclic amines) is 1. The maximum Gasteiger partial charge on any atom is 0.0702 e. The number of hydrogen-bond donors (Lipinski definition) is 1. The first-order chi connectivity index (χ1) is 8.27. The first-order valence-corrected chi connectivity index (χ1v) is 6.95. The van der Waals surface area contributed by atoms with E-state index in [-0.39, 0.29) is 0 Å². The van der Waals surface area contributed by atoms with Crippen molar-refractivity contribution in [2.45, 2.75) is 45.3 Å². The van der Waals surface area contributed by atoms with E-state index in [4.69, 9.17) is 4.74 Å². The average molecular weight is 240 g/mol. The summed E-state index contributed by atoms with van der Waals surface area (Å²) in [5, 5.41) is 3.39. The highest BCUT2D eigenvalue weighted by Crippen LogP contribution is 2.15. The lowest BCUT2D eigenvalue weighted by molar-refractivity contribution is -0.0101. The standard InChI is InChI=1S/C14H28N2O/c1-4-8-15-11-13(3)16-9-6-7-14(12-16)17-10-5-2/h4,13-15H,1,5-12H2,2-3H3. The Kier molecular flexibility index (Phi) is 7.49. The van der Waals surface area contributed by atoms with Gasteiger partial charge in [0, 0.05) is 32.3 Å². The summed E-state index contributed by atoms with van der Waals surface area (Å²) in [6.07, 6.45) is 5.97. The van der Waals surface area contributed by atoms with Crippen LogP contribution in [0.25, 0.3) is 0 Å². The third-order valence-electron chi connectivity index (χ3n) is 3.32. The zero-order valence-electron chi connectivity index (χ0n) is 11.5. The molecule has 0 aromatic carbocycles. The van der Waals surface area contributed by atoms with Crippen LogP contribution in [-0.4, -0.2) is 49.8 Å². The Hall–Kier alpha value is -0.380. The third-order valence-corrected chi connectivity index (χ3v) is 3.32. The van der Waals surface area contributed by atoms with Crippen molar-refractivity contribution in [3.8, 4) is 0 Å². The van der Waals surface area contributed by atoms with Crippen LogP contribution in [0.2, 0.25) is 0 Å². The van der Waals surface area contributed by atoms with E-state index in [9.17, 15) is 0 Å². The Morgan fingerprint density at radius 1 is 1.59 bits per heavy atom. The first-order valence-electron chi connectivity index (χ1n) is 6.95. The van der Waals surface area contributed by atoms with Gasteiger partial charge in [0.2, 0.25) is 0 Å². The second kappa shape index (κ2) is 8.67. The van der Waals surface area contributed by atoms with Gasteiger partial charge >= 0.3 is 0 Å². The quantitative estimate of drug-likeness (QED) is 0.519. The molecule has 3 heteroatoms. The molecule has 100 valence electrons. The van der Waals surface area contributed by atoms with Gasteiger partial charge in [-0.15, -0.1) is 6.58 Å². The van der Waals surface area contributed by atoms with Crippen molar-refractivity contribution in [2.75, 3.05) is 32.8 Å². The van der Waals surface area contributed by atoms with Crippen LogP contribution in [0.4, 0.5) is 0 Å². The highest BCUT2D eigenvalue weighted by atomic mass is 16.5. The molecule has 0 aromatic rings. The van der Waals surface area contributed by atoms with Gasteiger partial charge in [-0.3, -0.25) is 4.90 Å². The summed E-state index contributed by atoms with van der Waals surface area (Å²) in [5.74, 6) is 0. The van der Waals surface area contributed by atoms with Gasteiger partial charge in [0.05, 0.1) is 6.10 Å². The van der Waals surface area contributed by atoms with Crippen LogP contribution in [0, 0.1) is 0 Å². The van der Waals surface area contributed by atoms with Crippen LogP contribution in [0.15, 0.2) is 12.7 Å². The molecule has 1 aliphatic rings. The van der Waals surface area contributed by atoms with Crippen molar-refractivity contribution in [3.63, 3.8) is 0 Å². The predicted molar refractivity (Wildman–Crippen MR) is 73.4 cm³/mol. The second-order valence-corrected chi connectivity index (χ2v) is 4.93. The second-order valence-electron chi connectivity index (χ2n) is 4.93. The topological polar surface area (TPSA) is 24.5 Å². The fourth-order valence-electron chi connectivity index (χ4n) is 2.31. The zero-order chi connectivity index (χ0) is 12.5. The van der Waals surface area contributed by atoms with Gasteiger partial charge in [-0.1, -0.05) is 13.0 Å². The molecule has 1 aliphatic heterocycles. The number of piperidine rings is 1. The first kappa shape index (κ1) is 14.7. The summed E-state index contributed by atoms with van der Waals surface area (Å²) in [4.78, 5) is 2.54. The van der Waals surface area contributed by atoms with Gasteiger partial charge in [0.15, 0.2) is 0 Å². The van der Waals surface area contributed by atoms with E-state index >= 15 is 0 Å². The normalized spacial score (nSPS) is 23.5. The Bertz CT molecular complexity index is 208. The molecule has 0 aromatic heterocycles. The van der Waals surface area contributed by atoms with Crippen molar-refractivity contribution >= 4 is 0 Å². The highest BCUT2D eigenvalue weighted by Gasteiger charge is 2.23. The Morgan fingerprint density at radius 3 is 3.12 bits per heavy atom. The fraction of sp³-hybridized carbons (Fsp3) is 0.857. The minimum Gasteiger partial charge on any atom is -0.377 e. The summed E-state index contributed by atoms with van der Waals surface area (Å²) >= 11 is 0. The molecule has 0 aliphatic carbocycles. The van der Waals surface area contributed by atoms with Gasteiger partial charge in [0.1, 0.15) is 0 Å². The van der Waals surface area contributed by atoms with E-state index < -0.39 is 0 Å². The molecule has 1 saturated heterocycles. The Balaban J connectivity index is 2.24. The molecule has 0 saturated carbocycles. The minimum atomic E-state index is 0.450. The van der Waals surface area contributed by atoms with E-state index in [1.165, 1.54) is 19.4 Å². The molecule has 0 radical (unpaired) electrons. The summed E-state index contributed by atoms with van der Waals surface area (Å²) in [6.45, 7) is 13.3. The van der Waals surface area contributed by atoms with Gasteiger partial charge in [-0.2, -0.15) is 0 Å². The lowest BCUT2D eigenvalue weighted by Gasteiger charge is -2.36. The van der Waals surface area contributed by atoms with Crippen LogP contribution in [0.1, 0.15) is 33.1 Å². The number of hydrogen-bond acceptors (Lipinski definition) is 3. The molecule has 17 heavy (non-hydrogen) atoms. The Labute approximate surface area is 106 Å². The maximum atomic E-state index is 5.86. The van der Waals surface area contributed by atoms with E-state index in [1.807, 2.05) is 6.08 Å². The summed E-state index contributed by atoms with van der Waals surface area (Å²) in [7, 11) is 0. The van der Waals surface area contributed by atoms with Gasteiger partial charge in [0.25, 0.3) is 0 Å². The molecule has 0 spiro atoms. The number of nitrogens with one attached hydrogen (secondary N) is 1. The van der Waals surface area contributed by atoms with Crippen molar-refractivity contribution in [1.29, 1.82) is 0 Å². The van der Waals surface area contributed by atoms with Gasteiger partial charge in [-0.05, 0) is 32.7 Å².